The summed E-state index contributed by atoms with van der Waals surface area (Å²) in [6.45, 7) is 4.45. The van der Waals surface area contributed by atoms with Crippen LogP contribution in [0, 0.1) is 11.8 Å². The van der Waals surface area contributed by atoms with E-state index in [1.54, 1.807) is 39.8 Å². The number of fused-ring (bicyclic) bond motifs is 1. The molecule has 4 rings (SSSR count). The van der Waals surface area contributed by atoms with Gasteiger partial charge < -0.3 is 5.32 Å². The molecule has 29 heavy (non-hydrogen) atoms. The van der Waals surface area contributed by atoms with E-state index in [-0.39, 0.29) is 17.4 Å². The highest BCUT2D eigenvalue weighted by Gasteiger charge is 2.28. The summed E-state index contributed by atoms with van der Waals surface area (Å²) in [4.78, 5) is 12.7. The zero-order valence-electron chi connectivity index (χ0n) is 16.6. The minimum Gasteiger partial charge on any atom is -0.319 e. The van der Waals surface area contributed by atoms with Gasteiger partial charge in [0.15, 0.2) is 5.69 Å². The number of nitrogens with one attached hydrogen (secondary N) is 1. The first-order chi connectivity index (χ1) is 13.9. The Morgan fingerprint density at radius 3 is 2.66 bits per heavy atom. The second-order valence-electron chi connectivity index (χ2n) is 8.06. The molecule has 0 aromatic carbocycles. The van der Waals surface area contributed by atoms with Crippen LogP contribution < -0.4 is 5.32 Å². The highest BCUT2D eigenvalue weighted by molar-refractivity contribution is 6.08. The van der Waals surface area contributed by atoms with Crippen molar-refractivity contribution in [1.29, 1.82) is 0 Å². The fourth-order valence-corrected chi connectivity index (χ4v) is 4.18. The van der Waals surface area contributed by atoms with E-state index in [4.69, 9.17) is 0 Å². The largest absolute Gasteiger partial charge is 0.319 e. The quantitative estimate of drug-likeness (QED) is 0.646. The molecule has 0 aliphatic heterocycles. The van der Waals surface area contributed by atoms with Gasteiger partial charge in [0.05, 0.1) is 29.0 Å². The summed E-state index contributed by atoms with van der Waals surface area (Å²) in [5, 5.41) is 10.9. The van der Waals surface area contributed by atoms with Crippen molar-refractivity contribution in [3.8, 4) is 0 Å². The number of nitrogens with zero attached hydrogens (tertiary/aromatic N) is 4. The third kappa shape index (κ3) is 3.88. The molecule has 1 aliphatic carbocycles. The van der Waals surface area contributed by atoms with Gasteiger partial charge in [-0.2, -0.15) is 10.2 Å². The van der Waals surface area contributed by atoms with Crippen molar-refractivity contribution < 1.29 is 13.6 Å². The number of anilines is 1. The second kappa shape index (κ2) is 7.93. The second-order valence-corrected chi connectivity index (χ2v) is 8.06. The first-order valence-corrected chi connectivity index (χ1v) is 10.0. The van der Waals surface area contributed by atoms with Crippen molar-refractivity contribution in [2.75, 3.05) is 5.32 Å². The van der Waals surface area contributed by atoms with Crippen LogP contribution in [-0.2, 0) is 0 Å². The van der Waals surface area contributed by atoms with E-state index < -0.39 is 12.3 Å². The van der Waals surface area contributed by atoms with Gasteiger partial charge in [-0.15, -0.1) is 0 Å². The minimum atomic E-state index is -2.76. The summed E-state index contributed by atoms with van der Waals surface area (Å²) in [6.07, 6.45) is 5.90. The lowest BCUT2D eigenvalue weighted by Crippen LogP contribution is -2.21. The maximum absolute atomic E-state index is 13.6. The normalized spacial score (nSPS) is 19.9. The van der Waals surface area contributed by atoms with E-state index in [1.807, 2.05) is 0 Å². The molecule has 1 N–H and O–H groups in total. The Kier molecular flexibility index (Phi) is 5.34. The topological polar surface area (TPSA) is 64.2 Å². The maximum atomic E-state index is 13.6. The van der Waals surface area contributed by atoms with E-state index in [9.17, 15) is 13.6 Å². The molecule has 0 spiro atoms. The Bertz CT molecular complexity index is 1000. The van der Waals surface area contributed by atoms with Crippen molar-refractivity contribution in [3.63, 3.8) is 0 Å². The van der Waals surface area contributed by atoms with Crippen molar-refractivity contribution in [1.82, 2.24) is 19.4 Å². The minimum absolute atomic E-state index is 0.0614. The molecular formula is C21H25F2N5O. The van der Waals surface area contributed by atoms with E-state index in [1.165, 1.54) is 6.20 Å². The third-order valence-electron chi connectivity index (χ3n) is 5.94. The van der Waals surface area contributed by atoms with Crippen molar-refractivity contribution in [3.05, 3.63) is 48.0 Å². The Morgan fingerprint density at radius 1 is 1.21 bits per heavy atom. The molecule has 0 unspecified atom stereocenters. The fourth-order valence-electron chi connectivity index (χ4n) is 4.18. The predicted octanol–water partition coefficient (Wildman–Crippen LogP) is 5.11. The molecule has 0 bridgehead atoms. The van der Waals surface area contributed by atoms with E-state index in [0.717, 1.165) is 25.7 Å². The zero-order valence-corrected chi connectivity index (χ0v) is 16.6. The van der Waals surface area contributed by atoms with Gasteiger partial charge in [0, 0.05) is 12.4 Å². The van der Waals surface area contributed by atoms with Crippen LogP contribution in [-0.4, -0.2) is 25.3 Å². The lowest BCUT2D eigenvalue weighted by atomic mass is 9.80. The van der Waals surface area contributed by atoms with Gasteiger partial charge >= 0.3 is 0 Å². The van der Waals surface area contributed by atoms with Gasteiger partial charge in [-0.1, -0.05) is 19.9 Å². The van der Waals surface area contributed by atoms with Gasteiger partial charge in [0.2, 0.25) is 0 Å². The Morgan fingerprint density at radius 2 is 1.97 bits per heavy atom. The number of pyridine rings is 1. The Balaban J connectivity index is 1.55. The summed E-state index contributed by atoms with van der Waals surface area (Å²) < 4.78 is 30.3. The molecule has 3 aromatic rings. The molecule has 6 nitrogen and oxygen atoms in total. The lowest BCUT2D eigenvalue weighted by molar-refractivity contribution is 0.102. The number of aromatic nitrogens is 4. The van der Waals surface area contributed by atoms with Gasteiger partial charge in [-0.25, -0.2) is 13.3 Å². The van der Waals surface area contributed by atoms with Crippen LogP contribution in [0.1, 0.15) is 68.0 Å². The smallest absolute Gasteiger partial charge is 0.284 e. The highest BCUT2D eigenvalue weighted by atomic mass is 19.3. The molecule has 0 saturated heterocycles. The fraction of sp³-hybridized carbons (Fsp3) is 0.476. The Labute approximate surface area is 167 Å². The molecule has 1 aliphatic rings. The summed E-state index contributed by atoms with van der Waals surface area (Å²) >= 11 is 0. The van der Waals surface area contributed by atoms with Crippen LogP contribution in [0.5, 0.6) is 0 Å². The molecule has 1 fully saturated rings. The van der Waals surface area contributed by atoms with E-state index >= 15 is 0 Å². The van der Waals surface area contributed by atoms with Crippen LogP contribution in [0.4, 0.5) is 14.5 Å². The van der Waals surface area contributed by atoms with Crippen molar-refractivity contribution in [2.24, 2.45) is 11.8 Å². The van der Waals surface area contributed by atoms with Crippen molar-refractivity contribution >= 4 is 17.1 Å². The van der Waals surface area contributed by atoms with Crippen LogP contribution >= 0.6 is 0 Å². The Hall–Kier alpha value is -2.77. The summed E-state index contributed by atoms with van der Waals surface area (Å²) in [7, 11) is 0. The van der Waals surface area contributed by atoms with Crippen LogP contribution in [0.25, 0.3) is 5.52 Å². The van der Waals surface area contributed by atoms with E-state index in [2.05, 4.69) is 29.4 Å². The zero-order chi connectivity index (χ0) is 20.5. The molecular weight excluding hydrogens is 376 g/mol. The SMILES string of the molecule is CC(C)[C@H]1CC[C@H](n2cc(NC(=O)c3cnn4ccccc34)c(C(F)F)n2)CC1. The molecule has 3 heterocycles. The average molecular weight is 401 g/mol. The summed E-state index contributed by atoms with van der Waals surface area (Å²) in [5.41, 5.74) is 0.617. The maximum Gasteiger partial charge on any atom is 0.284 e. The molecule has 1 saturated carbocycles. The number of alkyl halides is 2. The average Bonchev–Trinajstić information content (AvgIpc) is 3.32. The first-order valence-electron chi connectivity index (χ1n) is 10.0. The molecule has 0 atom stereocenters. The van der Waals surface area contributed by atoms with Gasteiger partial charge in [-0.3, -0.25) is 9.48 Å². The van der Waals surface area contributed by atoms with Gasteiger partial charge in [-0.05, 0) is 49.7 Å². The molecule has 154 valence electrons. The first kappa shape index (κ1) is 19.5. The third-order valence-corrected chi connectivity index (χ3v) is 5.94. The standard InChI is InChI=1S/C21H25F2N5O/c1-13(2)14-6-8-15(9-7-14)28-12-17(19(26-28)20(22)23)25-21(29)16-11-24-27-10-4-3-5-18(16)27/h3-5,10-15,20H,6-9H2,1-2H3,(H,25,29)/t14-,15-. The van der Waals surface area contributed by atoms with Gasteiger partial charge in [0.1, 0.15) is 0 Å². The molecule has 8 heteroatoms. The number of halogens is 2. The summed E-state index contributed by atoms with van der Waals surface area (Å²) in [6, 6.07) is 5.44. The molecule has 1 amide bonds. The number of carbonyl (C=O) groups excluding carboxylic acids is 1. The van der Waals surface area contributed by atoms with Crippen LogP contribution in [0.2, 0.25) is 0 Å². The van der Waals surface area contributed by atoms with Gasteiger partial charge in [0.25, 0.3) is 12.3 Å². The number of hydrogen-bond acceptors (Lipinski definition) is 3. The summed E-state index contributed by atoms with van der Waals surface area (Å²) in [5.74, 6) is 0.827. The number of hydrogen-bond donors (Lipinski definition) is 1. The molecule has 0 radical (unpaired) electrons. The number of carbonyl (C=O) groups is 1. The number of rotatable bonds is 5. The number of amides is 1. The van der Waals surface area contributed by atoms with Crippen LogP contribution in [0.15, 0.2) is 36.8 Å². The monoisotopic (exact) mass is 401 g/mol. The predicted molar refractivity (Wildman–Crippen MR) is 106 cm³/mol. The molecule has 3 aromatic heterocycles. The highest BCUT2D eigenvalue weighted by Crippen LogP contribution is 2.37. The van der Waals surface area contributed by atoms with Crippen LogP contribution in [0.3, 0.4) is 0 Å². The van der Waals surface area contributed by atoms with E-state index in [0.29, 0.717) is 22.9 Å². The van der Waals surface area contributed by atoms with Crippen molar-refractivity contribution in [2.45, 2.75) is 52.0 Å². The lowest BCUT2D eigenvalue weighted by Gasteiger charge is -2.30.